The van der Waals surface area contributed by atoms with E-state index in [0.29, 0.717) is 5.69 Å². The van der Waals surface area contributed by atoms with E-state index >= 15 is 0 Å². The summed E-state index contributed by atoms with van der Waals surface area (Å²) in [4.78, 5) is 36.7. The van der Waals surface area contributed by atoms with Gasteiger partial charge < -0.3 is 9.64 Å². The summed E-state index contributed by atoms with van der Waals surface area (Å²) in [6.07, 6.45) is -1.14. The molecule has 0 spiro atoms. The van der Waals surface area contributed by atoms with Gasteiger partial charge >= 0.3 is 5.97 Å². The van der Waals surface area contributed by atoms with Crippen molar-refractivity contribution in [2.45, 2.75) is 13.0 Å². The van der Waals surface area contributed by atoms with E-state index in [2.05, 4.69) is 0 Å². The molecule has 26 heavy (non-hydrogen) atoms. The van der Waals surface area contributed by atoms with Crippen LogP contribution < -0.4 is 4.90 Å². The van der Waals surface area contributed by atoms with E-state index in [4.69, 9.17) is 4.74 Å². The topological polar surface area (TPSA) is 89.8 Å². The third kappa shape index (κ3) is 4.21. The summed E-state index contributed by atoms with van der Waals surface area (Å²) in [5, 5.41) is 11.0. The first-order valence-electron chi connectivity index (χ1n) is 7.67. The van der Waals surface area contributed by atoms with Crippen molar-refractivity contribution in [3.63, 3.8) is 0 Å². The van der Waals surface area contributed by atoms with E-state index in [9.17, 15) is 24.1 Å². The Hall–Kier alpha value is -3.29. The molecule has 0 bridgehead atoms. The molecule has 0 aliphatic rings. The van der Waals surface area contributed by atoms with Gasteiger partial charge in [-0.3, -0.25) is 14.9 Å². The minimum Gasteiger partial charge on any atom is -0.451 e. The maximum Gasteiger partial charge on any atom is 0.341 e. The van der Waals surface area contributed by atoms with Crippen molar-refractivity contribution >= 4 is 23.1 Å². The number of Topliss-reactive ketones (excluding diaryl/α,β-unsaturated/α-hetero) is 1. The first-order chi connectivity index (χ1) is 12.2. The Kier molecular flexibility index (Phi) is 5.66. The molecule has 0 aliphatic heterocycles. The minimum absolute atomic E-state index is 0.0250. The SMILES string of the molecule is C[C@H](OC(=O)c1cc([N+](=O)[O-])ccc1N(C)C)C(=O)c1ccc(F)cc1. The molecule has 136 valence electrons. The number of nitro benzene ring substituents is 1. The molecule has 0 aromatic heterocycles. The van der Waals surface area contributed by atoms with Crippen molar-refractivity contribution in [2.75, 3.05) is 19.0 Å². The van der Waals surface area contributed by atoms with Crippen LogP contribution in [0.1, 0.15) is 27.6 Å². The lowest BCUT2D eigenvalue weighted by Gasteiger charge is -2.18. The number of carbonyl (C=O) groups excluding carboxylic acids is 2. The van der Waals surface area contributed by atoms with E-state index < -0.39 is 28.6 Å². The van der Waals surface area contributed by atoms with Gasteiger partial charge in [0.05, 0.1) is 16.2 Å². The number of ketones is 1. The monoisotopic (exact) mass is 360 g/mol. The average molecular weight is 360 g/mol. The van der Waals surface area contributed by atoms with Crippen LogP contribution in [0, 0.1) is 15.9 Å². The van der Waals surface area contributed by atoms with Crippen LogP contribution in [0.2, 0.25) is 0 Å². The molecular formula is C18H17FN2O5. The van der Waals surface area contributed by atoms with Crippen molar-refractivity contribution in [3.05, 3.63) is 69.5 Å². The Morgan fingerprint density at radius 1 is 1.15 bits per heavy atom. The van der Waals surface area contributed by atoms with Gasteiger partial charge in [-0.2, -0.15) is 0 Å². The van der Waals surface area contributed by atoms with Gasteiger partial charge in [-0.15, -0.1) is 0 Å². The molecule has 1 atom stereocenters. The highest BCUT2D eigenvalue weighted by atomic mass is 19.1. The lowest BCUT2D eigenvalue weighted by molar-refractivity contribution is -0.384. The lowest BCUT2D eigenvalue weighted by Crippen LogP contribution is -2.25. The molecule has 2 rings (SSSR count). The summed E-state index contributed by atoms with van der Waals surface area (Å²) in [7, 11) is 3.34. The molecule has 0 N–H and O–H groups in total. The number of benzene rings is 2. The Bertz CT molecular complexity index is 849. The molecule has 2 aromatic carbocycles. The number of nitrogens with zero attached hydrogens (tertiary/aromatic N) is 2. The van der Waals surface area contributed by atoms with E-state index in [1.807, 2.05) is 0 Å². The molecule has 0 amide bonds. The predicted molar refractivity (Wildman–Crippen MR) is 93.0 cm³/mol. The van der Waals surface area contributed by atoms with Gasteiger partial charge in [0.15, 0.2) is 6.10 Å². The van der Waals surface area contributed by atoms with Gasteiger partial charge in [-0.1, -0.05) is 0 Å². The van der Waals surface area contributed by atoms with Gasteiger partial charge in [-0.25, -0.2) is 9.18 Å². The Morgan fingerprint density at radius 2 is 1.77 bits per heavy atom. The number of rotatable bonds is 6. The zero-order valence-corrected chi connectivity index (χ0v) is 14.4. The molecule has 0 fully saturated rings. The number of anilines is 1. The fourth-order valence-corrected chi connectivity index (χ4v) is 2.32. The molecule has 0 radical (unpaired) electrons. The van der Waals surface area contributed by atoms with E-state index in [-0.39, 0.29) is 16.8 Å². The number of nitro groups is 1. The predicted octanol–water partition coefficient (Wildman–Crippen LogP) is 3.23. The van der Waals surface area contributed by atoms with Crippen LogP contribution in [-0.2, 0) is 4.74 Å². The van der Waals surface area contributed by atoms with Gasteiger partial charge in [0.1, 0.15) is 5.82 Å². The van der Waals surface area contributed by atoms with Crippen molar-refractivity contribution in [2.24, 2.45) is 0 Å². The number of esters is 1. The maximum atomic E-state index is 12.9. The summed E-state index contributed by atoms with van der Waals surface area (Å²) in [5.74, 6) is -1.85. The van der Waals surface area contributed by atoms with E-state index in [0.717, 1.165) is 18.2 Å². The van der Waals surface area contributed by atoms with Gasteiger partial charge in [0.2, 0.25) is 5.78 Å². The fraction of sp³-hybridized carbons (Fsp3) is 0.222. The average Bonchev–Trinajstić information content (AvgIpc) is 2.60. The summed E-state index contributed by atoms with van der Waals surface area (Å²) in [5.41, 5.74) is 0.323. The normalized spacial score (nSPS) is 11.5. The third-order valence-corrected chi connectivity index (χ3v) is 3.67. The zero-order chi connectivity index (χ0) is 19.4. The van der Waals surface area contributed by atoms with Crippen molar-refractivity contribution < 1.29 is 23.6 Å². The van der Waals surface area contributed by atoms with Crippen LogP contribution in [0.15, 0.2) is 42.5 Å². The van der Waals surface area contributed by atoms with E-state index in [1.54, 1.807) is 19.0 Å². The van der Waals surface area contributed by atoms with Crippen molar-refractivity contribution in [3.8, 4) is 0 Å². The lowest BCUT2D eigenvalue weighted by atomic mass is 10.1. The molecule has 7 nitrogen and oxygen atoms in total. The Balaban J connectivity index is 2.25. The smallest absolute Gasteiger partial charge is 0.341 e. The number of ether oxygens (including phenoxy) is 1. The summed E-state index contributed by atoms with van der Waals surface area (Å²) < 4.78 is 18.1. The number of halogens is 1. The highest BCUT2D eigenvalue weighted by Crippen LogP contribution is 2.25. The second kappa shape index (κ2) is 7.73. The number of hydrogen-bond donors (Lipinski definition) is 0. The standard InChI is InChI=1S/C18H17FN2O5/c1-11(17(22)12-4-6-13(19)7-5-12)26-18(23)15-10-14(21(24)25)8-9-16(15)20(2)3/h4-11H,1-3H3/t11-/m0/s1. The zero-order valence-electron chi connectivity index (χ0n) is 14.4. The van der Waals surface area contributed by atoms with Crippen LogP contribution in [0.5, 0.6) is 0 Å². The fourth-order valence-electron chi connectivity index (χ4n) is 2.32. The Morgan fingerprint density at radius 3 is 2.31 bits per heavy atom. The minimum atomic E-state index is -1.14. The quantitative estimate of drug-likeness (QED) is 0.340. The van der Waals surface area contributed by atoms with Gasteiger partial charge in [-0.05, 0) is 37.3 Å². The van der Waals surface area contributed by atoms with Gasteiger partial charge in [0.25, 0.3) is 5.69 Å². The largest absolute Gasteiger partial charge is 0.451 e. The third-order valence-electron chi connectivity index (χ3n) is 3.67. The van der Waals surface area contributed by atoms with Crippen LogP contribution >= 0.6 is 0 Å². The van der Waals surface area contributed by atoms with Crippen LogP contribution in [0.3, 0.4) is 0 Å². The van der Waals surface area contributed by atoms with Crippen LogP contribution in [-0.4, -0.2) is 36.9 Å². The summed E-state index contributed by atoms with van der Waals surface area (Å²) in [6, 6.07) is 8.66. The van der Waals surface area contributed by atoms with Crippen LogP contribution in [0.25, 0.3) is 0 Å². The second-order valence-electron chi connectivity index (χ2n) is 5.77. The van der Waals surface area contributed by atoms with Gasteiger partial charge in [0, 0.05) is 31.8 Å². The number of hydrogen-bond acceptors (Lipinski definition) is 6. The molecule has 0 saturated carbocycles. The maximum absolute atomic E-state index is 12.9. The first-order valence-corrected chi connectivity index (χ1v) is 7.67. The molecule has 8 heteroatoms. The number of non-ortho nitro benzene ring substituents is 1. The molecule has 0 heterocycles. The molecule has 0 aliphatic carbocycles. The van der Waals surface area contributed by atoms with Crippen LogP contribution in [0.4, 0.5) is 15.8 Å². The molecule has 0 saturated heterocycles. The highest BCUT2D eigenvalue weighted by molar-refractivity contribution is 6.02. The van der Waals surface area contributed by atoms with Crippen molar-refractivity contribution in [1.29, 1.82) is 0 Å². The second-order valence-corrected chi connectivity index (χ2v) is 5.77. The Labute approximate surface area is 149 Å². The number of carbonyl (C=O) groups is 2. The summed E-state index contributed by atoms with van der Waals surface area (Å²) in [6.45, 7) is 1.39. The van der Waals surface area contributed by atoms with Crippen molar-refractivity contribution in [1.82, 2.24) is 0 Å². The molecule has 2 aromatic rings. The van der Waals surface area contributed by atoms with E-state index in [1.165, 1.54) is 31.2 Å². The summed E-state index contributed by atoms with van der Waals surface area (Å²) >= 11 is 0. The molecular weight excluding hydrogens is 343 g/mol. The first kappa shape index (κ1) is 19.0. The highest BCUT2D eigenvalue weighted by Gasteiger charge is 2.24. The molecule has 0 unspecified atom stereocenters.